The van der Waals surface area contributed by atoms with Gasteiger partial charge in [0.1, 0.15) is 0 Å². The summed E-state index contributed by atoms with van der Waals surface area (Å²) in [4.78, 5) is 2.30. The number of aryl methyl sites for hydroxylation is 2. The molecular weight excluding hydrogens is 576 g/mol. The normalized spacial score (nSPS) is 14.6. The van der Waals surface area contributed by atoms with Gasteiger partial charge in [-0.3, -0.25) is 0 Å². The predicted octanol–water partition coefficient (Wildman–Crippen LogP) is 6.74. The molecule has 0 aromatic heterocycles. The van der Waals surface area contributed by atoms with Gasteiger partial charge in [-0.25, -0.2) is 0 Å². The lowest BCUT2D eigenvalue weighted by molar-refractivity contribution is 0.365. The number of nitrogens with zero attached hydrogens (tertiary/aromatic N) is 1. The molecular formula is C33H36B2BrNO4. The Morgan fingerprint density at radius 2 is 1.02 bits per heavy atom. The minimum Gasteiger partial charge on any atom is -0.405 e. The summed E-state index contributed by atoms with van der Waals surface area (Å²) < 4.78 is 22.8. The average molecular weight is 612 g/mol. The molecule has 0 atom stereocenters. The lowest BCUT2D eigenvalue weighted by Gasteiger charge is -2.26. The van der Waals surface area contributed by atoms with Crippen LogP contribution in [0.5, 0.6) is 0 Å². The monoisotopic (exact) mass is 611 g/mol. The van der Waals surface area contributed by atoms with Gasteiger partial charge < -0.3 is 23.5 Å². The van der Waals surface area contributed by atoms with E-state index in [4.69, 9.17) is 18.6 Å². The van der Waals surface area contributed by atoms with Gasteiger partial charge in [-0.05, 0) is 84.8 Å². The van der Waals surface area contributed by atoms with Crippen LogP contribution in [0.2, 0.25) is 0 Å². The van der Waals surface area contributed by atoms with Crippen molar-refractivity contribution in [2.24, 2.45) is 0 Å². The van der Waals surface area contributed by atoms with Crippen LogP contribution in [0.1, 0.15) is 30.9 Å². The summed E-state index contributed by atoms with van der Waals surface area (Å²) in [7, 11) is -0.418. The average Bonchev–Trinajstić information content (AvgIpc) is 3.75. The van der Waals surface area contributed by atoms with Crippen molar-refractivity contribution in [2.45, 2.75) is 33.1 Å². The van der Waals surface area contributed by atoms with Crippen molar-refractivity contribution >= 4 is 58.2 Å². The highest BCUT2D eigenvalue weighted by molar-refractivity contribution is 9.10. The Kier molecular flexibility index (Phi) is 10.7. The van der Waals surface area contributed by atoms with Crippen molar-refractivity contribution in [1.82, 2.24) is 0 Å². The highest BCUT2D eigenvalue weighted by Gasteiger charge is 2.29. The van der Waals surface area contributed by atoms with Gasteiger partial charge >= 0.3 is 14.2 Å². The second-order valence-corrected chi connectivity index (χ2v) is 11.1. The molecule has 4 aromatic carbocycles. The molecule has 0 N–H and O–H groups in total. The van der Waals surface area contributed by atoms with Crippen molar-refractivity contribution in [3.8, 4) is 0 Å². The molecule has 8 heteroatoms. The smallest absolute Gasteiger partial charge is 0.405 e. The fraction of sp³-hybridized carbons (Fsp3) is 0.273. The molecule has 5 nitrogen and oxygen atoms in total. The van der Waals surface area contributed by atoms with Crippen LogP contribution in [0, 0.1) is 6.92 Å². The zero-order valence-corrected chi connectivity index (χ0v) is 25.4. The molecule has 41 heavy (non-hydrogen) atoms. The maximum atomic E-state index is 5.42. The van der Waals surface area contributed by atoms with E-state index >= 15 is 0 Å². The van der Waals surface area contributed by atoms with Gasteiger partial charge in [-0.1, -0.05) is 83.4 Å². The van der Waals surface area contributed by atoms with E-state index in [1.54, 1.807) is 0 Å². The van der Waals surface area contributed by atoms with Gasteiger partial charge in [0.05, 0.1) is 26.4 Å². The summed E-state index contributed by atoms with van der Waals surface area (Å²) in [5.74, 6) is 0. The minimum absolute atomic E-state index is 0.209. The molecule has 4 aromatic rings. The van der Waals surface area contributed by atoms with Crippen LogP contribution >= 0.6 is 15.9 Å². The predicted molar refractivity (Wildman–Crippen MR) is 173 cm³/mol. The second kappa shape index (κ2) is 14.9. The Labute approximate surface area is 253 Å². The topological polar surface area (TPSA) is 40.2 Å². The lowest BCUT2D eigenvalue weighted by atomic mass is 9.74. The summed E-state index contributed by atoms with van der Waals surface area (Å²) in [6.07, 6.45) is 3.63. The number of anilines is 3. The van der Waals surface area contributed by atoms with E-state index in [2.05, 4.69) is 107 Å². The number of halogens is 1. The van der Waals surface area contributed by atoms with Crippen LogP contribution in [0.3, 0.4) is 0 Å². The van der Waals surface area contributed by atoms with Gasteiger partial charge in [-0.2, -0.15) is 0 Å². The molecule has 0 bridgehead atoms. The molecule has 210 valence electrons. The first kappa shape index (κ1) is 29.6. The number of hydrogen-bond donors (Lipinski definition) is 0. The third-order valence-corrected chi connectivity index (χ3v) is 7.64. The maximum Gasteiger partial charge on any atom is 0.494 e. The second-order valence-electron chi connectivity index (χ2n) is 10.2. The minimum atomic E-state index is -0.209. The first-order valence-electron chi connectivity index (χ1n) is 14.4. The standard InChI is InChI=1S/C23H24BrN.C10H12B2O4/c1-3-4-5-19-8-14-22(15-9-19)25(21-12-6-18(2)7-13-21)23-16-10-20(24)11-17-23;1-2-10(12-15-7-8-16-12)4-3-9(1)11-13-5-6-14-11/h6-17H,3-5H2,1-2H3;1-4H,5-8H2. The summed E-state index contributed by atoms with van der Waals surface area (Å²) in [5, 5.41) is 0. The fourth-order valence-electron chi connectivity index (χ4n) is 4.84. The number of benzene rings is 4. The highest BCUT2D eigenvalue weighted by atomic mass is 79.9. The van der Waals surface area contributed by atoms with E-state index in [-0.39, 0.29) is 14.2 Å². The lowest BCUT2D eigenvalue weighted by Crippen LogP contribution is -2.36. The van der Waals surface area contributed by atoms with Gasteiger partial charge in [0.25, 0.3) is 0 Å². The molecule has 0 saturated carbocycles. The molecule has 0 amide bonds. The van der Waals surface area contributed by atoms with Crippen LogP contribution in [-0.2, 0) is 25.0 Å². The molecule has 6 rings (SSSR count). The van der Waals surface area contributed by atoms with E-state index in [1.165, 1.54) is 35.3 Å². The van der Waals surface area contributed by atoms with Crippen molar-refractivity contribution < 1.29 is 18.6 Å². The Bertz CT molecular complexity index is 1260. The van der Waals surface area contributed by atoms with Crippen LogP contribution < -0.4 is 15.8 Å². The first-order chi connectivity index (χ1) is 20.1. The molecule has 2 aliphatic heterocycles. The molecule has 2 saturated heterocycles. The Hall–Kier alpha value is -2.87. The van der Waals surface area contributed by atoms with Crippen molar-refractivity contribution in [3.05, 3.63) is 113 Å². The van der Waals surface area contributed by atoms with Crippen molar-refractivity contribution in [2.75, 3.05) is 31.3 Å². The zero-order valence-electron chi connectivity index (χ0n) is 23.8. The van der Waals surface area contributed by atoms with Gasteiger partial charge in [0.2, 0.25) is 0 Å². The third-order valence-electron chi connectivity index (χ3n) is 7.11. The van der Waals surface area contributed by atoms with E-state index in [1.807, 2.05) is 24.3 Å². The number of rotatable bonds is 8. The van der Waals surface area contributed by atoms with Crippen LogP contribution in [0.4, 0.5) is 17.1 Å². The van der Waals surface area contributed by atoms with Gasteiger partial charge in [0.15, 0.2) is 0 Å². The first-order valence-corrected chi connectivity index (χ1v) is 15.2. The molecule has 0 spiro atoms. The fourth-order valence-corrected chi connectivity index (χ4v) is 5.10. The zero-order chi connectivity index (χ0) is 28.4. The van der Waals surface area contributed by atoms with Gasteiger partial charge in [-0.15, -0.1) is 0 Å². The van der Waals surface area contributed by atoms with Gasteiger partial charge in [0, 0.05) is 21.5 Å². The molecule has 2 fully saturated rings. The van der Waals surface area contributed by atoms with Crippen LogP contribution in [-0.4, -0.2) is 40.7 Å². The third kappa shape index (κ3) is 8.12. The Morgan fingerprint density at radius 3 is 1.46 bits per heavy atom. The van der Waals surface area contributed by atoms with E-state index in [9.17, 15) is 0 Å². The Morgan fingerprint density at radius 1 is 0.610 bits per heavy atom. The quantitative estimate of drug-likeness (QED) is 0.206. The summed E-state index contributed by atoms with van der Waals surface area (Å²) in [6.45, 7) is 7.03. The number of unbranched alkanes of at least 4 members (excludes halogenated alkanes) is 1. The summed E-state index contributed by atoms with van der Waals surface area (Å²) in [6, 6.07) is 34.1. The highest BCUT2D eigenvalue weighted by Crippen LogP contribution is 2.35. The molecule has 0 unspecified atom stereocenters. The van der Waals surface area contributed by atoms with Crippen molar-refractivity contribution in [1.29, 1.82) is 0 Å². The van der Waals surface area contributed by atoms with Crippen LogP contribution in [0.25, 0.3) is 0 Å². The van der Waals surface area contributed by atoms with Crippen LogP contribution in [0.15, 0.2) is 102 Å². The van der Waals surface area contributed by atoms with E-state index in [0.717, 1.165) is 27.5 Å². The SMILES string of the molecule is CCCCc1ccc(N(c2ccc(C)cc2)c2ccc(Br)cc2)cc1.c1cc(B2OCCO2)ccc1B1OCCO1. The summed E-state index contributed by atoms with van der Waals surface area (Å²) in [5.41, 5.74) is 8.28. The molecule has 2 heterocycles. The largest absolute Gasteiger partial charge is 0.494 e. The van der Waals surface area contributed by atoms with E-state index in [0.29, 0.717) is 26.4 Å². The molecule has 2 aliphatic rings. The summed E-state index contributed by atoms with van der Waals surface area (Å²) >= 11 is 3.53. The van der Waals surface area contributed by atoms with Crippen molar-refractivity contribution in [3.63, 3.8) is 0 Å². The molecule has 0 radical (unpaired) electrons. The number of hydrogen-bond acceptors (Lipinski definition) is 5. The maximum absolute atomic E-state index is 5.42. The van der Waals surface area contributed by atoms with E-state index < -0.39 is 0 Å². The molecule has 0 aliphatic carbocycles. The Balaban J connectivity index is 0.000000181.